The van der Waals surface area contributed by atoms with E-state index in [4.69, 9.17) is 4.74 Å². The van der Waals surface area contributed by atoms with Crippen molar-refractivity contribution in [3.05, 3.63) is 58.7 Å². The van der Waals surface area contributed by atoms with Gasteiger partial charge >= 0.3 is 0 Å². The van der Waals surface area contributed by atoms with E-state index in [0.29, 0.717) is 0 Å². The van der Waals surface area contributed by atoms with Gasteiger partial charge in [0.1, 0.15) is 11.6 Å². The van der Waals surface area contributed by atoms with Crippen LogP contribution < -0.4 is 4.74 Å². The van der Waals surface area contributed by atoms with E-state index in [0.717, 1.165) is 6.07 Å². The van der Waals surface area contributed by atoms with Crippen molar-refractivity contribution in [2.75, 3.05) is 7.11 Å². The molecule has 1 aliphatic rings. The third kappa shape index (κ3) is 1.48. The van der Waals surface area contributed by atoms with Crippen LogP contribution in [0.15, 0.2) is 30.6 Å². The van der Waals surface area contributed by atoms with Gasteiger partial charge in [-0.3, -0.25) is 14.6 Å². The topological polar surface area (TPSA) is 56.3 Å². The van der Waals surface area contributed by atoms with Crippen molar-refractivity contribution in [1.82, 2.24) is 4.98 Å². The predicted octanol–water partition coefficient (Wildman–Crippen LogP) is 2.00. The van der Waals surface area contributed by atoms with Crippen LogP contribution in [0.3, 0.4) is 0 Å². The second-order valence-electron chi connectivity index (χ2n) is 4.08. The molecule has 0 aliphatic heterocycles. The quantitative estimate of drug-likeness (QED) is 0.669. The summed E-state index contributed by atoms with van der Waals surface area (Å²) in [4.78, 5) is 28.4. The summed E-state index contributed by atoms with van der Waals surface area (Å²) < 4.78 is 18.9. The van der Waals surface area contributed by atoms with E-state index in [-0.39, 0.29) is 28.0 Å². The van der Waals surface area contributed by atoms with Crippen LogP contribution in [-0.4, -0.2) is 23.7 Å². The summed E-state index contributed by atoms with van der Waals surface area (Å²) in [5.74, 6) is -1.52. The fourth-order valence-electron chi connectivity index (χ4n) is 2.22. The highest BCUT2D eigenvalue weighted by Crippen LogP contribution is 2.34. The lowest BCUT2D eigenvalue weighted by atomic mass is 9.84. The number of rotatable bonds is 1. The highest BCUT2D eigenvalue weighted by Gasteiger charge is 2.34. The molecule has 0 unspecified atom stereocenters. The van der Waals surface area contributed by atoms with Crippen molar-refractivity contribution in [3.63, 3.8) is 0 Å². The molecule has 0 atom stereocenters. The van der Waals surface area contributed by atoms with E-state index in [1.54, 1.807) is 0 Å². The summed E-state index contributed by atoms with van der Waals surface area (Å²) in [6, 6.07) is 3.90. The van der Waals surface area contributed by atoms with Gasteiger partial charge in [-0.25, -0.2) is 4.39 Å². The number of hydrogen-bond donors (Lipinski definition) is 0. The van der Waals surface area contributed by atoms with Crippen molar-refractivity contribution >= 4 is 11.6 Å². The number of halogens is 1. The Morgan fingerprint density at radius 2 is 1.79 bits per heavy atom. The lowest BCUT2D eigenvalue weighted by molar-refractivity contribution is 0.0972. The SMILES string of the molecule is COc1ccc(F)c2c1C(=O)c1ccncc1C2=O. The van der Waals surface area contributed by atoms with Crippen molar-refractivity contribution < 1.29 is 18.7 Å². The number of carbonyl (C=O) groups excluding carboxylic acids is 2. The molecule has 1 aliphatic carbocycles. The van der Waals surface area contributed by atoms with Crippen molar-refractivity contribution in [3.8, 4) is 5.75 Å². The molecular weight excluding hydrogens is 249 g/mol. The maximum absolute atomic E-state index is 13.9. The number of pyridine rings is 1. The Bertz CT molecular complexity index is 725. The van der Waals surface area contributed by atoms with E-state index >= 15 is 0 Å². The summed E-state index contributed by atoms with van der Waals surface area (Å²) in [5.41, 5.74) is 0.0691. The first-order valence-corrected chi connectivity index (χ1v) is 5.55. The van der Waals surface area contributed by atoms with Gasteiger partial charge in [0.05, 0.1) is 23.8 Å². The number of nitrogens with zero attached hydrogens (tertiary/aromatic N) is 1. The normalized spacial score (nSPS) is 12.9. The van der Waals surface area contributed by atoms with E-state index in [1.165, 1.54) is 31.6 Å². The monoisotopic (exact) mass is 257 g/mol. The standard InChI is InChI=1S/C14H8FNO3/c1-19-10-3-2-9(15)11-12(10)13(17)7-4-5-16-6-8(7)14(11)18/h2-6H,1H3. The molecular formula is C14H8FNO3. The molecule has 0 saturated carbocycles. The second-order valence-corrected chi connectivity index (χ2v) is 4.08. The van der Waals surface area contributed by atoms with Crippen LogP contribution in [0.1, 0.15) is 31.8 Å². The molecule has 19 heavy (non-hydrogen) atoms. The van der Waals surface area contributed by atoms with Crippen LogP contribution >= 0.6 is 0 Å². The molecule has 0 spiro atoms. The average molecular weight is 257 g/mol. The van der Waals surface area contributed by atoms with Crippen LogP contribution in [0, 0.1) is 5.82 Å². The van der Waals surface area contributed by atoms with Crippen molar-refractivity contribution in [2.45, 2.75) is 0 Å². The molecule has 1 aromatic carbocycles. The Labute approximate surface area is 107 Å². The molecule has 0 amide bonds. The van der Waals surface area contributed by atoms with Crippen LogP contribution in [0.5, 0.6) is 5.75 Å². The van der Waals surface area contributed by atoms with Gasteiger partial charge in [-0.2, -0.15) is 0 Å². The number of carbonyl (C=O) groups is 2. The first-order valence-electron chi connectivity index (χ1n) is 5.55. The Hall–Kier alpha value is -2.56. The fraction of sp³-hybridized carbons (Fsp3) is 0.0714. The van der Waals surface area contributed by atoms with E-state index in [2.05, 4.69) is 4.98 Å². The molecule has 0 radical (unpaired) electrons. The number of ketones is 2. The number of benzene rings is 1. The predicted molar refractivity (Wildman–Crippen MR) is 64.1 cm³/mol. The first-order chi connectivity index (χ1) is 9.15. The lowest BCUT2D eigenvalue weighted by Gasteiger charge is -2.19. The number of methoxy groups -OCH3 is 1. The van der Waals surface area contributed by atoms with Gasteiger partial charge in [0, 0.05) is 18.0 Å². The molecule has 5 heteroatoms. The minimum Gasteiger partial charge on any atom is -0.496 e. The van der Waals surface area contributed by atoms with Gasteiger partial charge in [0.15, 0.2) is 11.6 Å². The molecule has 4 nitrogen and oxygen atoms in total. The molecule has 1 heterocycles. The number of aromatic nitrogens is 1. The smallest absolute Gasteiger partial charge is 0.199 e. The highest BCUT2D eigenvalue weighted by molar-refractivity contribution is 6.29. The molecule has 1 aromatic heterocycles. The van der Waals surface area contributed by atoms with Gasteiger partial charge in [-0.1, -0.05) is 0 Å². The largest absolute Gasteiger partial charge is 0.496 e. The maximum atomic E-state index is 13.9. The van der Waals surface area contributed by atoms with Gasteiger partial charge < -0.3 is 4.74 Å². The lowest BCUT2D eigenvalue weighted by Crippen LogP contribution is -2.23. The Balaban J connectivity index is 2.38. The number of ether oxygens (including phenoxy) is 1. The summed E-state index contributed by atoms with van der Waals surface area (Å²) >= 11 is 0. The van der Waals surface area contributed by atoms with Crippen LogP contribution in [0.25, 0.3) is 0 Å². The Morgan fingerprint density at radius 3 is 2.53 bits per heavy atom. The molecule has 0 fully saturated rings. The Morgan fingerprint density at radius 1 is 1.05 bits per heavy atom. The second kappa shape index (κ2) is 3.98. The molecule has 0 N–H and O–H groups in total. The minimum absolute atomic E-state index is 0.0220. The zero-order chi connectivity index (χ0) is 13.6. The van der Waals surface area contributed by atoms with Gasteiger partial charge in [-0.05, 0) is 18.2 Å². The van der Waals surface area contributed by atoms with Gasteiger partial charge in [0.25, 0.3) is 0 Å². The van der Waals surface area contributed by atoms with Crippen LogP contribution in [-0.2, 0) is 0 Å². The number of fused-ring (bicyclic) bond motifs is 2. The van der Waals surface area contributed by atoms with Crippen LogP contribution in [0.2, 0.25) is 0 Å². The third-order valence-corrected chi connectivity index (χ3v) is 3.10. The zero-order valence-electron chi connectivity index (χ0n) is 9.94. The molecule has 94 valence electrons. The summed E-state index contributed by atoms with van der Waals surface area (Å²) in [7, 11) is 1.37. The van der Waals surface area contributed by atoms with E-state index in [9.17, 15) is 14.0 Å². The van der Waals surface area contributed by atoms with Gasteiger partial charge in [0.2, 0.25) is 0 Å². The maximum Gasteiger partial charge on any atom is 0.199 e. The number of hydrogen-bond acceptors (Lipinski definition) is 4. The minimum atomic E-state index is -0.733. The van der Waals surface area contributed by atoms with Gasteiger partial charge in [-0.15, -0.1) is 0 Å². The summed E-state index contributed by atoms with van der Waals surface area (Å²) in [6.07, 6.45) is 2.69. The van der Waals surface area contributed by atoms with Crippen LogP contribution in [0.4, 0.5) is 4.39 Å². The zero-order valence-corrected chi connectivity index (χ0v) is 9.94. The third-order valence-electron chi connectivity index (χ3n) is 3.10. The summed E-state index contributed by atoms with van der Waals surface area (Å²) in [6.45, 7) is 0. The Kier molecular flexibility index (Phi) is 2.41. The fourth-order valence-corrected chi connectivity index (χ4v) is 2.22. The first kappa shape index (κ1) is 11.5. The van der Waals surface area contributed by atoms with E-state index in [1.807, 2.05) is 0 Å². The van der Waals surface area contributed by atoms with Crippen molar-refractivity contribution in [2.24, 2.45) is 0 Å². The molecule has 3 rings (SSSR count). The molecule has 2 aromatic rings. The van der Waals surface area contributed by atoms with Crippen molar-refractivity contribution in [1.29, 1.82) is 0 Å². The average Bonchev–Trinajstić information content (AvgIpc) is 2.44. The summed E-state index contributed by atoms with van der Waals surface area (Å²) in [5, 5.41) is 0. The molecule has 0 bridgehead atoms. The highest BCUT2D eigenvalue weighted by atomic mass is 19.1. The van der Waals surface area contributed by atoms with E-state index < -0.39 is 17.4 Å². The molecule has 0 saturated heterocycles.